The summed E-state index contributed by atoms with van der Waals surface area (Å²) in [5, 5.41) is 0. The molecule has 1 nitrogen and oxygen atoms in total. The van der Waals surface area contributed by atoms with Gasteiger partial charge in [-0.2, -0.15) is 0 Å². The second kappa shape index (κ2) is 6.33. The Bertz CT molecular complexity index is 755. The topological polar surface area (TPSA) is 17.1 Å². The van der Waals surface area contributed by atoms with Crippen molar-refractivity contribution in [3.05, 3.63) is 89.3 Å². The van der Waals surface area contributed by atoms with Gasteiger partial charge in [0, 0.05) is 4.88 Å². The summed E-state index contributed by atoms with van der Waals surface area (Å²) in [6, 6.07) is 23.9. The van der Waals surface area contributed by atoms with Gasteiger partial charge < -0.3 is 0 Å². The normalized spacial score (nSPS) is 10.9. The zero-order valence-corrected chi connectivity index (χ0v) is 12.2. The minimum Gasteiger partial charge on any atom is -0.288 e. The van der Waals surface area contributed by atoms with E-state index in [1.807, 2.05) is 66.7 Å². The summed E-state index contributed by atoms with van der Waals surface area (Å²) >= 11 is 1.53. The summed E-state index contributed by atoms with van der Waals surface area (Å²) in [6.07, 6.45) is 3.49. The van der Waals surface area contributed by atoms with Crippen molar-refractivity contribution in [3.63, 3.8) is 0 Å². The van der Waals surface area contributed by atoms with Crippen LogP contribution in [0.4, 0.5) is 0 Å². The Kier molecular flexibility index (Phi) is 4.08. The van der Waals surface area contributed by atoms with Crippen molar-refractivity contribution in [2.24, 2.45) is 0 Å². The fourth-order valence-corrected chi connectivity index (χ4v) is 2.98. The van der Waals surface area contributed by atoms with Crippen LogP contribution in [0.25, 0.3) is 16.5 Å². The second-order valence-electron chi connectivity index (χ2n) is 4.64. The Labute approximate surface area is 128 Å². The SMILES string of the molecule is O=C(C=Cc1ccccc1)c1ccc(-c2ccccc2)s1. The Hall–Kier alpha value is -2.45. The molecule has 0 atom stereocenters. The van der Waals surface area contributed by atoms with Crippen LogP contribution in [-0.2, 0) is 0 Å². The molecular formula is C19H14OS. The Morgan fingerprint density at radius 1 is 0.810 bits per heavy atom. The fourth-order valence-electron chi connectivity index (χ4n) is 2.05. The van der Waals surface area contributed by atoms with Crippen LogP contribution in [0.15, 0.2) is 78.9 Å². The van der Waals surface area contributed by atoms with Gasteiger partial charge in [0.25, 0.3) is 0 Å². The van der Waals surface area contributed by atoms with E-state index in [1.54, 1.807) is 6.08 Å². The molecule has 0 saturated heterocycles. The van der Waals surface area contributed by atoms with Gasteiger partial charge in [0.15, 0.2) is 5.78 Å². The molecule has 21 heavy (non-hydrogen) atoms. The third-order valence-electron chi connectivity index (χ3n) is 3.13. The van der Waals surface area contributed by atoms with E-state index in [-0.39, 0.29) is 5.78 Å². The number of ketones is 1. The maximum absolute atomic E-state index is 12.2. The molecule has 3 aromatic rings. The van der Waals surface area contributed by atoms with Crippen molar-refractivity contribution < 1.29 is 4.79 Å². The van der Waals surface area contributed by atoms with Crippen molar-refractivity contribution in [1.82, 2.24) is 0 Å². The van der Waals surface area contributed by atoms with Gasteiger partial charge in [-0.1, -0.05) is 66.7 Å². The summed E-state index contributed by atoms with van der Waals surface area (Å²) in [5.74, 6) is 0.0473. The van der Waals surface area contributed by atoms with Gasteiger partial charge in [0.05, 0.1) is 4.88 Å². The quantitative estimate of drug-likeness (QED) is 0.470. The highest BCUT2D eigenvalue weighted by molar-refractivity contribution is 7.17. The summed E-state index contributed by atoms with van der Waals surface area (Å²) in [4.78, 5) is 14.1. The third kappa shape index (κ3) is 3.36. The standard InChI is InChI=1S/C19H14OS/c20-17(12-11-15-7-3-1-4-8-15)19-14-13-18(21-19)16-9-5-2-6-10-16/h1-14H. The Morgan fingerprint density at radius 3 is 2.19 bits per heavy atom. The number of hydrogen-bond acceptors (Lipinski definition) is 2. The van der Waals surface area contributed by atoms with Crippen molar-refractivity contribution >= 4 is 23.2 Å². The largest absolute Gasteiger partial charge is 0.288 e. The minimum atomic E-state index is 0.0473. The lowest BCUT2D eigenvalue weighted by Gasteiger charge is -1.95. The van der Waals surface area contributed by atoms with Crippen molar-refractivity contribution in [2.75, 3.05) is 0 Å². The van der Waals surface area contributed by atoms with Gasteiger partial charge >= 0.3 is 0 Å². The van der Waals surface area contributed by atoms with E-state index in [4.69, 9.17) is 0 Å². The van der Waals surface area contributed by atoms with Gasteiger partial charge in [-0.05, 0) is 29.3 Å². The molecule has 0 amide bonds. The molecule has 0 bridgehead atoms. The van der Waals surface area contributed by atoms with E-state index in [0.717, 1.165) is 20.9 Å². The van der Waals surface area contributed by atoms with Gasteiger partial charge in [-0.15, -0.1) is 11.3 Å². The highest BCUT2D eigenvalue weighted by atomic mass is 32.1. The van der Waals surface area contributed by atoms with E-state index in [9.17, 15) is 4.79 Å². The molecule has 3 rings (SSSR count). The zero-order valence-electron chi connectivity index (χ0n) is 11.4. The number of carbonyl (C=O) groups is 1. The Balaban J connectivity index is 1.77. The van der Waals surface area contributed by atoms with Crippen molar-refractivity contribution in [1.29, 1.82) is 0 Å². The van der Waals surface area contributed by atoms with E-state index in [1.165, 1.54) is 11.3 Å². The highest BCUT2D eigenvalue weighted by Crippen LogP contribution is 2.28. The average molecular weight is 290 g/mol. The summed E-state index contributed by atoms with van der Waals surface area (Å²) in [6.45, 7) is 0. The van der Waals surface area contributed by atoms with E-state index in [2.05, 4.69) is 12.1 Å². The molecule has 1 heterocycles. The third-order valence-corrected chi connectivity index (χ3v) is 4.28. The number of allylic oxidation sites excluding steroid dienone is 1. The van der Waals surface area contributed by atoms with Crippen LogP contribution in [0.3, 0.4) is 0 Å². The number of benzene rings is 2. The first-order valence-corrected chi connectivity index (χ1v) is 7.57. The summed E-state index contributed by atoms with van der Waals surface area (Å²) < 4.78 is 0. The molecule has 2 heteroatoms. The first kappa shape index (κ1) is 13.5. The average Bonchev–Trinajstić information content (AvgIpc) is 3.04. The van der Waals surface area contributed by atoms with Crippen molar-refractivity contribution in [2.45, 2.75) is 0 Å². The molecule has 102 valence electrons. The fraction of sp³-hybridized carbons (Fsp3) is 0. The molecule has 0 saturated carbocycles. The van der Waals surface area contributed by atoms with Crippen LogP contribution in [0.5, 0.6) is 0 Å². The minimum absolute atomic E-state index is 0.0473. The number of rotatable bonds is 4. The van der Waals surface area contributed by atoms with Crippen LogP contribution < -0.4 is 0 Å². The number of carbonyl (C=O) groups excluding carboxylic acids is 1. The predicted octanol–water partition coefficient (Wildman–Crippen LogP) is 5.31. The maximum Gasteiger partial charge on any atom is 0.195 e. The molecule has 2 aromatic carbocycles. The molecular weight excluding hydrogens is 276 g/mol. The molecule has 0 aliphatic rings. The highest BCUT2D eigenvalue weighted by Gasteiger charge is 2.07. The van der Waals surface area contributed by atoms with Crippen molar-refractivity contribution in [3.8, 4) is 10.4 Å². The lowest BCUT2D eigenvalue weighted by atomic mass is 10.2. The number of thiophene rings is 1. The van der Waals surface area contributed by atoms with E-state index in [0.29, 0.717) is 0 Å². The predicted molar refractivity (Wildman–Crippen MR) is 89.6 cm³/mol. The van der Waals surface area contributed by atoms with Crippen LogP contribution in [0, 0.1) is 0 Å². The lowest BCUT2D eigenvalue weighted by Crippen LogP contribution is -1.88. The Morgan fingerprint density at radius 2 is 1.48 bits per heavy atom. The van der Waals surface area contributed by atoms with Gasteiger partial charge in [0.2, 0.25) is 0 Å². The lowest BCUT2D eigenvalue weighted by molar-refractivity contribution is 0.105. The summed E-state index contributed by atoms with van der Waals surface area (Å²) in [5.41, 5.74) is 2.18. The van der Waals surface area contributed by atoms with Gasteiger partial charge in [0.1, 0.15) is 0 Å². The number of hydrogen-bond donors (Lipinski definition) is 0. The van der Waals surface area contributed by atoms with Gasteiger partial charge in [-0.25, -0.2) is 0 Å². The van der Waals surface area contributed by atoms with Crippen LogP contribution >= 0.6 is 11.3 Å². The molecule has 0 fully saturated rings. The first-order chi connectivity index (χ1) is 10.3. The van der Waals surface area contributed by atoms with Gasteiger partial charge in [-0.3, -0.25) is 4.79 Å². The maximum atomic E-state index is 12.2. The second-order valence-corrected chi connectivity index (χ2v) is 5.72. The van der Waals surface area contributed by atoms with Crippen LogP contribution in [0.1, 0.15) is 15.2 Å². The molecule has 0 spiro atoms. The van der Waals surface area contributed by atoms with Crippen LogP contribution in [-0.4, -0.2) is 5.78 Å². The monoisotopic (exact) mass is 290 g/mol. The smallest absolute Gasteiger partial charge is 0.195 e. The van der Waals surface area contributed by atoms with E-state index < -0.39 is 0 Å². The molecule has 0 radical (unpaired) electrons. The zero-order chi connectivity index (χ0) is 14.5. The first-order valence-electron chi connectivity index (χ1n) is 6.76. The molecule has 0 aliphatic heterocycles. The van der Waals surface area contributed by atoms with Crippen LogP contribution in [0.2, 0.25) is 0 Å². The molecule has 0 aliphatic carbocycles. The van der Waals surface area contributed by atoms with E-state index >= 15 is 0 Å². The summed E-state index contributed by atoms with van der Waals surface area (Å²) in [7, 11) is 0. The molecule has 0 N–H and O–H groups in total. The molecule has 0 unspecified atom stereocenters. The molecule has 1 aromatic heterocycles.